The summed E-state index contributed by atoms with van der Waals surface area (Å²) in [5.41, 5.74) is 2.56. The molecule has 0 aromatic heterocycles. The van der Waals surface area contributed by atoms with E-state index in [1.807, 2.05) is 6.08 Å². The summed E-state index contributed by atoms with van der Waals surface area (Å²) in [6, 6.07) is 0. The molecule has 0 fully saturated rings. The Labute approximate surface area is 87.2 Å². The molecule has 0 saturated carbocycles. The first-order chi connectivity index (χ1) is 6.63. The molecule has 0 aliphatic carbocycles. The van der Waals surface area contributed by atoms with Gasteiger partial charge in [-0.05, 0) is 32.3 Å². The van der Waals surface area contributed by atoms with Crippen molar-refractivity contribution < 1.29 is 4.74 Å². The predicted molar refractivity (Wildman–Crippen MR) is 61.2 cm³/mol. The average molecular weight is 192 g/mol. The van der Waals surface area contributed by atoms with Crippen LogP contribution in [0.15, 0.2) is 36.5 Å². The van der Waals surface area contributed by atoms with Gasteiger partial charge in [0.15, 0.2) is 0 Å². The molecule has 1 nitrogen and oxygen atoms in total. The average Bonchev–Trinajstić information content (AvgIpc) is 2.53. The summed E-state index contributed by atoms with van der Waals surface area (Å²) in [6.07, 6.45) is 6.61. The molecule has 0 amide bonds. The van der Waals surface area contributed by atoms with Gasteiger partial charge in [-0.2, -0.15) is 0 Å². The molecule has 0 spiro atoms. The Bertz CT molecular complexity index is 250. The Kier molecular flexibility index (Phi) is 4.15. The van der Waals surface area contributed by atoms with E-state index in [0.29, 0.717) is 5.92 Å². The van der Waals surface area contributed by atoms with Gasteiger partial charge in [0.2, 0.25) is 0 Å². The van der Waals surface area contributed by atoms with E-state index in [0.717, 1.165) is 19.4 Å². The summed E-state index contributed by atoms with van der Waals surface area (Å²) in [7, 11) is 0. The van der Waals surface area contributed by atoms with Gasteiger partial charge < -0.3 is 4.74 Å². The summed E-state index contributed by atoms with van der Waals surface area (Å²) in [6.45, 7) is 12.7. The van der Waals surface area contributed by atoms with Crippen molar-refractivity contribution in [1.82, 2.24) is 0 Å². The highest BCUT2D eigenvalue weighted by Crippen LogP contribution is 2.24. The lowest BCUT2D eigenvalue weighted by Crippen LogP contribution is -2.16. The molecule has 0 aromatic carbocycles. The number of allylic oxidation sites excluding steroid dienone is 1. The van der Waals surface area contributed by atoms with Gasteiger partial charge in [0.1, 0.15) is 0 Å². The molecule has 1 heterocycles. The Morgan fingerprint density at radius 1 is 1.79 bits per heavy atom. The summed E-state index contributed by atoms with van der Waals surface area (Å²) >= 11 is 0. The van der Waals surface area contributed by atoms with Gasteiger partial charge >= 0.3 is 0 Å². The lowest BCUT2D eigenvalue weighted by atomic mass is 9.95. The molecule has 1 rings (SSSR count). The molecule has 0 unspecified atom stereocenters. The second kappa shape index (κ2) is 5.16. The molecule has 78 valence electrons. The van der Waals surface area contributed by atoms with Crippen LogP contribution in [0.5, 0.6) is 0 Å². The fourth-order valence-electron chi connectivity index (χ4n) is 1.68. The van der Waals surface area contributed by atoms with Gasteiger partial charge in [-0.25, -0.2) is 0 Å². The lowest BCUT2D eigenvalue weighted by Gasteiger charge is -2.18. The standard InChI is InChI=1S/C13H20O/c1-5-12(7-6-10(2)3)13-8-11(4)9-14-13/h5,8,12-13H,1-2,6-7,9H2,3-4H3/t12-,13-/m1/s1. The minimum atomic E-state index is 0.242. The molecule has 0 radical (unpaired) electrons. The molecule has 0 bridgehead atoms. The number of hydrogen-bond donors (Lipinski definition) is 0. The maximum Gasteiger partial charge on any atom is 0.0826 e. The third-order valence-corrected chi connectivity index (χ3v) is 2.58. The Hall–Kier alpha value is -0.820. The highest BCUT2D eigenvalue weighted by atomic mass is 16.5. The maximum atomic E-state index is 5.66. The molecule has 0 aromatic rings. The van der Waals surface area contributed by atoms with E-state index in [2.05, 4.69) is 33.1 Å². The van der Waals surface area contributed by atoms with E-state index in [1.54, 1.807) is 0 Å². The third-order valence-electron chi connectivity index (χ3n) is 2.58. The molecule has 0 saturated heterocycles. The predicted octanol–water partition coefficient (Wildman–Crippen LogP) is 3.49. The van der Waals surface area contributed by atoms with Gasteiger partial charge in [-0.3, -0.25) is 0 Å². The van der Waals surface area contributed by atoms with Crippen LogP contribution in [0, 0.1) is 5.92 Å². The zero-order valence-corrected chi connectivity index (χ0v) is 9.25. The van der Waals surface area contributed by atoms with E-state index in [-0.39, 0.29) is 6.10 Å². The van der Waals surface area contributed by atoms with Crippen LogP contribution in [0.25, 0.3) is 0 Å². The van der Waals surface area contributed by atoms with Crippen molar-refractivity contribution in [3.8, 4) is 0 Å². The van der Waals surface area contributed by atoms with Crippen LogP contribution >= 0.6 is 0 Å². The molecule has 0 N–H and O–H groups in total. The number of hydrogen-bond acceptors (Lipinski definition) is 1. The molecule has 14 heavy (non-hydrogen) atoms. The summed E-state index contributed by atoms with van der Waals surface area (Å²) in [5, 5.41) is 0. The van der Waals surface area contributed by atoms with E-state index in [9.17, 15) is 0 Å². The summed E-state index contributed by atoms with van der Waals surface area (Å²) < 4.78 is 5.66. The fourth-order valence-corrected chi connectivity index (χ4v) is 1.68. The Morgan fingerprint density at radius 3 is 2.93 bits per heavy atom. The third kappa shape index (κ3) is 3.15. The second-order valence-electron chi connectivity index (χ2n) is 4.18. The summed E-state index contributed by atoms with van der Waals surface area (Å²) in [5.74, 6) is 0.434. The van der Waals surface area contributed by atoms with Crippen LogP contribution in [0.4, 0.5) is 0 Å². The van der Waals surface area contributed by atoms with E-state index in [1.165, 1.54) is 11.1 Å². The van der Waals surface area contributed by atoms with E-state index < -0.39 is 0 Å². The van der Waals surface area contributed by atoms with Crippen molar-refractivity contribution in [1.29, 1.82) is 0 Å². The summed E-state index contributed by atoms with van der Waals surface area (Å²) in [4.78, 5) is 0. The highest BCUT2D eigenvalue weighted by Gasteiger charge is 2.21. The smallest absolute Gasteiger partial charge is 0.0826 e. The quantitative estimate of drug-likeness (QED) is 0.606. The largest absolute Gasteiger partial charge is 0.369 e. The van der Waals surface area contributed by atoms with Crippen molar-refractivity contribution in [2.45, 2.75) is 32.8 Å². The molecular weight excluding hydrogens is 172 g/mol. The van der Waals surface area contributed by atoms with Crippen LogP contribution in [0.1, 0.15) is 26.7 Å². The van der Waals surface area contributed by atoms with Crippen molar-refractivity contribution in [2.24, 2.45) is 5.92 Å². The van der Waals surface area contributed by atoms with Crippen LogP contribution in [0.2, 0.25) is 0 Å². The molecule has 1 aliphatic heterocycles. The van der Waals surface area contributed by atoms with Gasteiger partial charge in [0, 0.05) is 5.92 Å². The Morgan fingerprint density at radius 2 is 2.50 bits per heavy atom. The lowest BCUT2D eigenvalue weighted by molar-refractivity contribution is 0.0919. The maximum absolute atomic E-state index is 5.66. The number of ether oxygens (including phenoxy) is 1. The normalized spacial score (nSPS) is 23.0. The monoisotopic (exact) mass is 192 g/mol. The highest BCUT2D eigenvalue weighted by molar-refractivity contribution is 5.11. The minimum Gasteiger partial charge on any atom is -0.369 e. The van der Waals surface area contributed by atoms with E-state index in [4.69, 9.17) is 4.74 Å². The van der Waals surface area contributed by atoms with Crippen molar-refractivity contribution in [2.75, 3.05) is 6.61 Å². The van der Waals surface area contributed by atoms with Gasteiger partial charge in [0.25, 0.3) is 0 Å². The van der Waals surface area contributed by atoms with Crippen LogP contribution in [-0.4, -0.2) is 12.7 Å². The van der Waals surface area contributed by atoms with Gasteiger partial charge in [-0.15, -0.1) is 13.2 Å². The number of rotatable bonds is 5. The van der Waals surface area contributed by atoms with Gasteiger partial charge in [0.05, 0.1) is 12.7 Å². The van der Waals surface area contributed by atoms with Crippen molar-refractivity contribution in [3.05, 3.63) is 36.5 Å². The van der Waals surface area contributed by atoms with Crippen LogP contribution in [0.3, 0.4) is 0 Å². The zero-order valence-electron chi connectivity index (χ0n) is 9.25. The fraction of sp³-hybridized carbons (Fsp3) is 0.538. The van der Waals surface area contributed by atoms with Crippen LogP contribution in [-0.2, 0) is 4.74 Å². The van der Waals surface area contributed by atoms with E-state index >= 15 is 0 Å². The Balaban J connectivity index is 2.46. The molecule has 2 atom stereocenters. The molecular formula is C13H20O. The van der Waals surface area contributed by atoms with Crippen LogP contribution < -0.4 is 0 Å². The SMILES string of the molecule is C=C[C@H](CCC(=C)C)[C@H]1C=C(C)CO1. The second-order valence-corrected chi connectivity index (χ2v) is 4.18. The van der Waals surface area contributed by atoms with Gasteiger partial charge in [-0.1, -0.05) is 17.7 Å². The first-order valence-electron chi connectivity index (χ1n) is 5.19. The minimum absolute atomic E-state index is 0.242. The molecule has 1 heteroatoms. The van der Waals surface area contributed by atoms with Crippen molar-refractivity contribution in [3.63, 3.8) is 0 Å². The molecule has 1 aliphatic rings. The zero-order chi connectivity index (χ0) is 10.6. The first kappa shape index (κ1) is 11.3. The van der Waals surface area contributed by atoms with Crippen molar-refractivity contribution >= 4 is 0 Å². The topological polar surface area (TPSA) is 9.23 Å². The first-order valence-corrected chi connectivity index (χ1v) is 5.19.